The monoisotopic (exact) mass is 340 g/mol. The summed E-state index contributed by atoms with van der Waals surface area (Å²) in [7, 11) is 1.54. The normalized spacial score (nSPS) is 15.8. The fourth-order valence-corrected chi connectivity index (χ4v) is 2.69. The number of ether oxygens (including phenoxy) is 1. The fourth-order valence-electron chi connectivity index (χ4n) is 2.39. The van der Waals surface area contributed by atoms with Gasteiger partial charge >= 0.3 is 0 Å². The van der Waals surface area contributed by atoms with E-state index in [1.54, 1.807) is 18.2 Å². The molecule has 5 nitrogen and oxygen atoms in total. The molecule has 1 fully saturated rings. The Kier molecular flexibility index (Phi) is 4.22. The predicted molar refractivity (Wildman–Crippen MR) is 97.0 cm³/mol. The minimum atomic E-state index is -0.272. The molecule has 1 heterocycles. The van der Waals surface area contributed by atoms with Crippen LogP contribution in [0.2, 0.25) is 0 Å². The largest absolute Gasteiger partial charge is 0.507 e. The molecule has 0 aliphatic carbocycles. The van der Waals surface area contributed by atoms with Crippen molar-refractivity contribution in [3.63, 3.8) is 0 Å². The van der Waals surface area contributed by atoms with Crippen molar-refractivity contribution in [3.8, 4) is 11.5 Å². The number of thiocarbonyl (C=S) groups is 1. The van der Waals surface area contributed by atoms with Crippen molar-refractivity contribution in [2.75, 3.05) is 12.0 Å². The van der Waals surface area contributed by atoms with Crippen LogP contribution in [0.4, 0.5) is 5.69 Å². The molecule has 6 heteroatoms. The fraction of sp³-hybridized carbons (Fsp3) is 0.111. The number of phenolic OH excluding ortho intramolecular Hbond substituents is 1. The first-order valence-corrected chi connectivity index (χ1v) is 7.71. The molecule has 0 spiro atoms. The second-order valence-corrected chi connectivity index (χ2v) is 5.78. The Morgan fingerprint density at radius 2 is 1.92 bits per heavy atom. The Bertz CT molecular complexity index is 844. The Balaban J connectivity index is 1.95. The molecule has 0 bridgehead atoms. The molecule has 2 N–H and O–H groups in total. The van der Waals surface area contributed by atoms with Gasteiger partial charge in [-0.3, -0.25) is 9.69 Å². The number of hydrogen-bond donors (Lipinski definition) is 2. The molecule has 0 radical (unpaired) electrons. The number of phenols is 1. The number of methoxy groups -OCH3 is 1. The lowest BCUT2D eigenvalue weighted by Gasteiger charge is -2.14. The molecule has 0 unspecified atom stereocenters. The second-order valence-electron chi connectivity index (χ2n) is 5.39. The van der Waals surface area contributed by atoms with E-state index >= 15 is 0 Å². The number of amides is 1. The molecular formula is C18H16N2O3S. The van der Waals surface area contributed by atoms with E-state index in [-0.39, 0.29) is 11.7 Å². The molecule has 0 saturated carbocycles. The third-order valence-corrected chi connectivity index (χ3v) is 3.99. The van der Waals surface area contributed by atoms with Crippen molar-refractivity contribution >= 4 is 35.0 Å². The summed E-state index contributed by atoms with van der Waals surface area (Å²) >= 11 is 5.27. The molecule has 1 saturated heterocycles. The summed E-state index contributed by atoms with van der Waals surface area (Å²) in [6.45, 7) is 1.98. The SMILES string of the molecule is COc1ccc(O)c(/C=C2\NC(=S)N(c3ccc(C)cc3)C2=O)c1. The van der Waals surface area contributed by atoms with Crippen LogP contribution in [0.3, 0.4) is 0 Å². The van der Waals surface area contributed by atoms with E-state index in [0.29, 0.717) is 27.8 Å². The van der Waals surface area contributed by atoms with Crippen LogP contribution in [-0.4, -0.2) is 23.2 Å². The van der Waals surface area contributed by atoms with Crippen molar-refractivity contribution in [3.05, 3.63) is 59.3 Å². The Hall–Kier alpha value is -2.86. The molecule has 24 heavy (non-hydrogen) atoms. The highest BCUT2D eigenvalue weighted by atomic mass is 32.1. The van der Waals surface area contributed by atoms with Gasteiger partial charge in [-0.1, -0.05) is 17.7 Å². The summed E-state index contributed by atoms with van der Waals surface area (Å²) in [5.74, 6) is 0.367. The summed E-state index contributed by atoms with van der Waals surface area (Å²) in [5, 5.41) is 13.2. The topological polar surface area (TPSA) is 61.8 Å². The van der Waals surface area contributed by atoms with Gasteiger partial charge in [-0.15, -0.1) is 0 Å². The van der Waals surface area contributed by atoms with Gasteiger partial charge in [-0.25, -0.2) is 0 Å². The Labute approximate surface area is 145 Å². The van der Waals surface area contributed by atoms with Crippen molar-refractivity contribution in [1.82, 2.24) is 5.32 Å². The average molecular weight is 340 g/mol. The number of rotatable bonds is 3. The first kappa shape index (κ1) is 16.0. The number of anilines is 1. The number of carbonyl (C=O) groups is 1. The first-order valence-electron chi connectivity index (χ1n) is 7.30. The number of carbonyl (C=O) groups excluding carboxylic acids is 1. The van der Waals surface area contributed by atoms with Crippen molar-refractivity contribution < 1.29 is 14.6 Å². The van der Waals surface area contributed by atoms with Crippen LogP contribution in [0.1, 0.15) is 11.1 Å². The van der Waals surface area contributed by atoms with Gasteiger partial charge in [-0.2, -0.15) is 0 Å². The quantitative estimate of drug-likeness (QED) is 0.664. The standard InChI is InChI=1S/C18H16N2O3S/c1-11-3-5-13(6-4-11)20-17(22)15(19-18(20)24)10-12-9-14(23-2)7-8-16(12)21/h3-10,21H,1-2H3,(H,19,24)/b15-10-. The van der Waals surface area contributed by atoms with E-state index in [2.05, 4.69) is 5.32 Å². The molecular weight excluding hydrogens is 324 g/mol. The summed E-state index contributed by atoms with van der Waals surface area (Å²) < 4.78 is 5.14. The zero-order valence-corrected chi connectivity index (χ0v) is 14.1. The number of aryl methyl sites for hydroxylation is 1. The van der Waals surface area contributed by atoms with Crippen LogP contribution in [0, 0.1) is 6.92 Å². The highest BCUT2D eigenvalue weighted by Crippen LogP contribution is 2.27. The number of nitrogens with zero attached hydrogens (tertiary/aromatic N) is 1. The third-order valence-electron chi connectivity index (χ3n) is 3.70. The van der Waals surface area contributed by atoms with E-state index < -0.39 is 0 Å². The highest BCUT2D eigenvalue weighted by molar-refractivity contribution is 7.80. The molecule has 0 atom stereocenters. The zero-order valence-electron chi connectivity index (χ0n) is 13.2. The van der Waals surface area contributed by atoms with Gasteiger partial charge in [0.15, 0.2) is 5.11 Å². The average Bonchev–Trinajstić information content (AvgIpc) is 2.84. The lowest BCUT2D eigenvalue weighted by Crippen LogP contribution is -2.30. The maximum absolute atomic E-state index is 12.7. The maximum Gasteiger partial charge on any atom is 0.281 e. The van der Waals surface area contributed by atoms with Gasteiger partial charge in [0.2, 0.25) is 0 Å². The lowest BCUT2D eigenvalue weighted by atomic mass is 10.1. The lowest BCUT2D eigenvalue weighted by molar-refractivity contribution is -0.113. The van der Waals surface area contributed by atoms with E-state index in [9.17, 15) is 9.90 Å². The summed E-state index contributed by atoms with van der Waals surface area (Å²) in [6.07, 6.45) is 1.56. The maximum atomic E-state index is 12.7. The van der Waals surface area contributed by atoms with Gasteiger partial charge in [0.25, 0.3) is 5.91 Å². The van der Waals surface area contributed by atoms with Gasteiger partial charge in [0.1, 0.15) is 17.2 Å². The molecule has 2 aromatic rings. The minimum absolute atomic E-state index is 0.0533. The number of hydrogen-bond acceptors (Lipinski definition) is 4. The summed E-state index contributed by atoms with van der Waals surface area (Å²) in [5.41, 5.74) is 2.56. The summed E-state index contributed by atoms with van der Waals surface area (Å²) in [6, 6.07) is 12.3. The third kappa shape index (κ3) is 2.96. The Morgan fingerprint density at radius 1 is 1.21 bits per heavy atom. The van der Waals surface area contributed by atoms with E-state index in [0.717, 1.165) is 5.56 Å². The number of nitrogens with one attached hydrogen (secondary N) is 1. The van der Waals surface area contributed by atoms with Crippen LogP contribution < -0.4 is 15.0 Å². The van der Waals surface area contributed by atoms with E-state index in [1.165, 1.54) is 18.1 Å². The molecule has 1 amide bonds. The van der Waals surface area contributed by atoms with E-state index in [1.807, 2.05) is 31.2 Å². The molecule has 2 aromatic carbocycles. The molecule has 1 aliphatic rings. The molecule has 0 aromatic heterocycles. The second kappa shape index (κ2) is 6.33. The van der Waals surface area contributed by atoms with Gasteiger partial charge < -0.3 is 15.2 Å². The highest BCUT2D eigenvalue weighted by Gasteiger charge is 2.32. The van der Waals surface area contributed by atoms with Crippen LogP contribution in [0.15, 0.2) is 48.2 Å². The van der Waals surface area contributed by atoms with E-state index in [4.69, 9.17) is 17.0 Å². The summed E-state index contributed by atoms with van der Waals surface area (Å²) in [4.78, 5) is 14.1. The van der Waals surface area contributed by atoms with Crippen molar-refractivity contribution in [2.45, 2.75) is 6.92 Å². The smallest absolute Gasteiger partial charge is 0.281 e. The van der Waals surface area contributed by atoms with Crippen molar-refractivity contribution in [2.24, 2.45) is 0 Å². The zero-order chi connectivity index (χ0) is 17.3. The number of aromatic hydroxyl groups is 1. The first-order chi connectivity index (χ1) is 11.5. The van der Waals surface area contributed by atoms with Crippen LogP contribution >= 0.6 is 12.2 Å². The number of benzene rings is 2. The molecule has 1 aliphatic heterocycles. The molecule has 122 valence electrons. The van der Waals surface area contributed by atoms with Gasteiger partial charge in [0.05, 0.1) is 12.8 Å². The predicted octanol–water partition coefficient (Wildman–Crippen LogP) is 2.97. The van der Waals surface area contributed by atoms with Crippen LogP contribution in [0.5, 0.6) is 11.5 Å². The molecule has 3 rings (SSSR count). The van der Waals surface area contributed by atoms with Gasteiger partial charge in [-0.05, 0) is 55.5 Å². The van der Waals surface area contributed by atoms with Crippen LogP contribution in [-0.2, 0) is 4.79 Å². The van der Waals surface area contributed by atoms with Crippen molar-refractivity contribution in [1.29, 1.82) is 0 Å². The Morgan fingerprint density at radius 3 is 2.58 bits per heavy atom. The van der Waals surface area contributed by atoms with Crippen LogP contribution in [0.25, 0.3) is 6.08 Å². The minimum Gasteiger partial charge on any atom is -0.507 e. The van der Waals surface area contributed by atoms with Gasteiger partial charge in [0, 0.05) is 5.56 Å².